The van der Waals surface area contributed by atoms with Gasteiger partial charge in [0.15, 0.2) is 0 Å². The standard InChI is InChI=1S/C15H24ClN3O/c1-9(2)14-17-13(16)11(4)15(18-14)19-7-6-10(3)12(8-19)20-5/h9-10,12H,6-8H2,1-5H3. The molecule has 0 spiro atoms. The van der Waals surface area contributed by atoms with Gasteiger partial charge in [0.1, 0.15) is 16.8 Å². The fraction of sp³-hybridized carbons (Fsp3) is 0.733. The van der Waals surface area contributed by atoms with E-state index in [1.807, 2.05) is 6.92 Å². The van der Waals surface area contributed by atoms with Gasteiger partial charge in [0.05, 0.1) is 6.10 Å². The average molecular weight is 298 g/mol. The lowest BCUT2D eigenvalue weighted by molar-refractivity contribution is 0.0496. The van der Waals surface area contributed by atoms with E-state index in [2.05, 4.69) is 30.7 Å². The second kappa shape index (κ2) is 6.27. The van der Waals surface area contributed by atoms with Crippen LogP contribution in [0.15, 0.2) is 0 Å². The average Bonchev–Trinajstić information content (AvgIpc) is 2.42. The molecule has 0 aliphatic carbocycles. The van der Waals surface area contributed by atoms with Crippen LogP contribution in [0.1, 0.15) is 44.5 Å². The SMILES string of the molecule is COC1CN(c2nc(C(C)C)nc(Cl)c2C)CCC1C. The van der Waals surface area contributed by atoms with Crippen LogP contribution < -0.4 is 4.90 Å². The highest BCUT2D eigenvalue weighted by atomic mass is 35.5. The van der Waals surface area contributed by atoms with Gasteiger partial charge in [0.25, 0.3) is 0 Å². The number of aromatic nitrogens is 2. The Morgan fingerprint density at radius 1 is 1.35 bits per heavy atom. The van der Waals surface area contributed by atoms with Gasteiger partial charge in [-0.3, -0.25) is 0 Å². The molecule has 1 aliphatic heterocycles. The quantitative estimate of drug-likeness (QED) is 0.801. The third-order valence-corrected chi connectivity index (χ3v) is 4.45. The van der Waals surface area contributed by atoms with Crippen LogP contribution in [-0.2, 0) is 4.74 Å². The molecule has 1 saturated heterocycles. The van der Waals surface area contributed by atoms with Crippen molar-refractivity contribution in [3.8, 4) is 0 Å². The van der Waals surface area contributed by atoms with Crippen LogP contribution in [-0.4, -0.2) is 36.3 Å². The summed E-state index contributed by atoms with van der Waals surface area (Å²) in [6.45, 7) is 10.3. The van der Waals surface area contributed by atoms with Crippen LogP contribution in [0, 0.1) is 12.8 Å². The maximum Gasteiger partial charge on any atom is 0.137 e. The van der Waals surface area contributed by atoms with E-state index in [1.54, 1.807) is 7.11 Å². The number of rotatable bonds is 3. The Hall–Kier alpha value is -0.870. The molecular weight excluding hydrogens is 274 g/mol. The zero-order valence-electron chi connectivity index (χ0n) is 13.0. The summed E-state index contributed by atoms with van der Waals surface area (Å²) in [5.74, 6) is 2.62. The summed E-state index contributed by atoms with van der Waals surface area (Å²) < 4.78 is 5.58. The number of halogens is 1. The molecule has 0 saturated carbocycles. The minimum absolute atomic E-state index is 0.249. The molecule has 2 atom stereocenters. The fourth-order valence-electron chi connectivity index (χ4n) is 2.59. The molecule has 1 aliphatic rings. The predicted octanol–water partition coefficient (Wildman–Crippen LogP) is 3.42. The lowest BCUT2D eigenvalue weighted by Gasteiger charge is -2.37. The lowest BCUT2D eigenvalue weighted by Crippen LogP contribution is -2.44. The van der Waals surface area contributed by atoms with Gasteiger partial charge in [-0.1, -0.05) is 32.4 Å². The Balaban J connectivity index is 2.32. The normalized spacial score (nSPS) is 23.4. The molecule has 0 radical (unpaired) electrons. The molecule has 5 heteroatoms. The molecule has 0 amide bonds. The first-order valence-electron chi connectivity index (χ1n) is 7.25. The molecule has 0 N–H and O–H groups in total. The zero-order chi connectivity index (χ0) is 14.9. The first kappa shape index (κ1) is 15.5. The highest BCUT2D eigenvalue weighted by Crippen LogP contribution is 2.29. The largest absolute Gasteiger partial charge is 0.379 e. The number of hydrogen-bond acceptors (Lipinski definition) is 4. The van der Waals surface area contributed by atoms with Crippen molar-refractivity contribution in [1.82, 2.24) is 9.97 Å². The van der Waals surface area contributed by atoms with Gasteiger partial charge in [-0.05, 0) is 19.3 Å². The van der Waals surface area contributed by atoms with Crippen LogP contribution in [0.2, 0.25) is 5.15 Å². The van der Waals surface area contributed by atoms with Crippen molar-refractivity contribution in [2.45, 2.75) is 46.1 Å². The van der Waals surface area contributed by atoms with Crippen LogP contribution in [0.25, 0.3) is 0 Å². The zero-order valence-corrected chi connectivity index (χ0v) is 13.7. The minimum atomic E-state index is 0.249. The third kappa shape index (κ3) is 3.07. The summed E-state index contributed by atoms with van der Waals surface area (Å²) in [7, 11) is 1.78. The minimum Gasteiger partial charge on any atom is -0.379 e. The summed E-state index contributed by atoms with van der Waals surface area (Å²) in [5, 5.41) is 0.561. The van der Waals surface area contributed by atoms with E-state index >= 15 is 0 Å². The van der Waals surface area contributed by atoms with Gasteiger partial charge in [-0.25, -0.2) is 9.97 Å². The number of anilines is 1. The molecular formula is C15H24ClN3O. The van der Waals surface area contributed by atoms with Crippen molar-refractivity contribution in [1.29, 1.82) is 0 Å². The van der Waals surface area contributed by atoms with Gasteiger partial charge in [-0.15, -0.1) is 0 Å². The van der Waals surface area contributed by atoms with Crippen molar-refractivity contribution in [2.75, 3.05) is 25.1 Å². The molecule has 2 rings (SSSR count). The van der Waals surface area contributed by atoms with Crippen molar-refractivity contribution in [2.24, 2.45) is 5.92 Å². The highest BCUT2D eigenvalue weighted by molar-refractivity contribution is 6.30. The summed E-state index contributed by atoms with van der Waals surface area (Å²) in [6, 6.07) is 0. The Bertz CT molecular complexity index is 478. The molecule has 0 aromatic carbocycles. The second-order valence-corrected chi connectivity index (χ2v) is 6.32. The first-order valence-corrected chi connectivity index (χ1v) is 7.63. The van der Waals surface area contributed by atoms with Gasteiger partial charge in [0, 0.05) is 31.7 Å². The Morgan fingerprint density at radius 2 is 2.05 bits per heavy atom. The van der Waals surface area contributed by atoms with E-state index in [1.165, 1.54) is 0 Å². The third-order valence-electron chi connectivity index (χ3n) is 4.09. The number of ether oxygens (including phenoxy) is 1. The van der Waals surface area contributed by atoms with Crippen molar-refractivity contribution in [3.05, 3.63) is 16.5 Å². The highest BCUT2D eigenvalue weighted by Gasteiger charge is 2.28. The van der Waals surface area contributed by atoms with Gasteiger partial charge in [0.2, 0.25) is 0 Å². The smallest absolute Gasteiger partial charge is 0.137 e. The first-order chi connectivity index (χ1) is 9.43. The van der Waals surface area contributed by atoms with E-state index < -0.39 is 0 Å². The fourth-order valence-corrected chi connectivity index (χ4v) is 2.76. The summed E-state index contributed by atoms with van der Waals surface area (Å²) in [4.78, 5) is 11.4. The number of nitrogens with zero attached hydrogens (tertiary/aromatic N) is 3. The molecule has 112 valence electrons. The number of methoxy groups -OCH3 is 1. The number of piperidine rings is 1. The number of hydrogen-bond donors (Lipinski definition) is 0. The van der Waals surface area contributed by atoms with Gasteiger partial charge < -0.3 is 9.64 Å². The van der Waals surface area contributed by atoms with Crippen molar-refractivity contribution in [3.63, 3.8) is 0 Å². The van der Waals surface area contributed by atoms with E-state index in [-0.39, 0.29) is 12.0 Å². The Kier molecular flexibility index (Phi) is 4.86. The van der Waals surface area contributed by atoms with Crippen molar-refractivity contribution < 1.29 is 4.74 Å². The van der Waals surface area contributed by atoms with Gasteiger partial charge in [-0.2, -0.15) is 0 Å². The van der Waals surface area contributed by atoms with E-state index in [4.69, 9.17) is 21.3 Å². The monoisotopic (exact) mass is 297 g/mol. The Morgan fingerprint density at radius 3 is 2.65 bits per heavy atom. The van der Waals surface area contributed by atoms with Gasteiger partial charge >= 0.3 is 0 Å². The molecule has 2 unspecified atom stereocenters. The van der Waals surface area contributed by atoms with Crippen LogP contribution in [0.4, 0.5) is 5.82 Å². The molecule has 20 heavy (non-hydrogen) atoms. The van der Waals surface area contributed by atoms with Crippen LogP contribution >= 0.6 is 11.6 Å². The van der Waals surface area contributed by atoms with Crippen molar-refractivity contribution >= 4 is 17.4 Å². The predicted molar refractivity (Wildman–Crippen MR) is 82.7 cm³/mol. The maximum atomic E-state index is 6.27. The maximum absolute atomic E-state index is 6.27. The van der Waals surface area contributed by atoms with Crippen LogP contribution in [0.3, 0.4) is 0 Å². The second-order valence-electron chi connectivity index (χ2n) is 5.96. The molecule has 1 aromatic heterocycles. The van der Waals surface area contributed by atoms with E-state index in [9.17, 15) is 0 Å². The lowest BCUT2D eigenvalue weighted by atomic mass is 9.95. The molecule has 1 aromatic rings. The van der Waals surface area contributed by atoms with Crippen LogP contribution in [0.5, 0.6) is 0 Å². The molecule has 1 fully saturated rings. The molecule has 2 heterocycles. The summed E-state index contributed by atoms with van der Waals surface area (Å²) in [5.41, 5.74) is 0.959. The topological polar surface area (TPSA) is 38.2 Å². The summed E-state index contributed by atoms with van der Waals surface area (Å²) >= 11 is 6.27. The Labute approximate surface area is 126 Å². The molecule has 0 bridgehead atoms. The summed E-state index contributed by atoms with van der Waals surface area (Å²) in [6.07, 6.45) is 1.36. The molecule has 4 nitrogen and oxygen atoms in total. The van der Waals surface area contributed by atoms with E-state index in [0.717, 1.165) is 36.7 Å². The van der Waals surface area contributed by atoms with E-state index in [0.29, 0.717) is 11.1 Å².